The molecule has 0 unspecified atom stereocenters. The van der Waals surface area contributed by atoms with Gasteiger partial charge < -0.3 is 4.90 Å². The SMILES string of the molecule is Cc1cc(C)cc(N(C(=O)c2ccc(F)cc2)[C@@H]2C=CS(=O)(=O)C2)c1. The van der Waals surface area contributed by atoms with Gasteiger partial charge in [0.05, 0.1) is 11.8 Å². The monoisotopic (exact) mass is 359 g/mol. The second kappa shape index (κ2) is 6.44. The van der Waals surface area contributed by atoms with Crippen LogP contribution >= 0.6 is 0 Å². The average Bonchev–Trinajstić information content (AvgIpc) is 2.87. The van der Waals surface area contributed by atoms with Crippen molar-refractivity contribution in [3.8, 4) is 0 Å². The lowest BCUT2D eigenvalue weighted by atomic mass is 10.1. The molecule has 1 amide bonds. The summed E-state index contributed by atoms with van der Waals surface area (Å²) in [6.07, 6.45) is 1.52. The molecule has 130 valence electrons. The number of sulfone groups is 1. The summed E-state index contributed by atoms with van der Waals surface area (Å²) in [4.78, 5) is 14.5. The summed E-state index contributed by atoms with van der Waals surface area (Å²) < 4.78 is 36.8. The maximum atomic E-state index is 13.2. The van der Waals surface area contributed by atoms with Crippen LogP contribution in [0.15, 0.2) is 53.9 Å². The zero-order chi connectivity index (χ0) is 18.2. The fourth-order valence-electron chi connectivity index (χ4n) is 3.00. The highest BCUT2D eigenvalue weighted by Gasteiger charge is 2.32. The predicted octanol–water partition coefficient (Wildman–Crippen LogP) is 3.40. The third-order valence-corrected chi connectivity index (χ3v) is 5.42. The topological polar surface area (TPSA) is 54.5 Å². The number of hydrogen-bond donors (Lipinski definition) is 0. The van der Waals surface area contributed by atoms with Crippen LogP contribution in [0.4, 0.5) is 10.1 Å². The molecule has 0 saturated carbocycles. The normalized spacial score (nSPS) is 18.3. The molecule has 3 rings (SSSR count). The van der Waals surface area contributed by atoms with Gasteiger partial charge in [-0.05, 0) is 67.4 Å². The largest absolute Gasteiger partial charge is 0.300 e. The zero-order valence-electron chi connectivity index (χ0n) is 13.9. The first-order chi connectivity index (χ1) is 11.7. The van der Waals surface area contributed by atoms with Gasteiger partial charge in [0.25, 0.3) is 5.91 Å². The van der Waals surface area contributed by atoms with Gasteiger partial charge in [0.15, 0.2) is 9.84 Å². The van der Waals surface area contributed by atoms with Gasteiger partial charge in [-0.25, -0.2) is 12.8 Å². The molecule has 0 fully saturated rings. The predicted molar refractivity (Wildman–Crippen MR) is 95.8 cm³/mol. The number of nitrogens with zero attached hydrogens (tertiary/aromatic N) is 1. The fraction of sp³-hybridized carbons (Fsp3) is 0.211. The molecule has 6 heteroatoms. The molecule has 1 atom stereocenters. The number of rotatable bonds is 3. The molecule has 1 aliphatic rings. The van der Waals surface area contributed by atoms with Crippen LogP contribution in [0.2, 0.25) is 0 Å². The van der Waals surface area contributed by atoms with Gasteiger partial charge >= 0.3 is 0 Å². The number of halogens is 1. The molecule has 0 aliphatic carbocycles. The molecule has 0 saturated heterocycles. The first-order valence-electron chi connectivity index (χ1n) is 7.83. The van der Waals surface area contributed by atoms with E-state index in [4.69, 9.17) is 0 Å². The van der Waals surface area contributed by atoms with Crippen molar-refractivity contribution in [2.75, 3.05) is 10.7 Å². The van der Waals surface area contributed by atoms with Gasteiger partial charge in [0.1, 0.15) is 5.82 Å². The Morgan fingerprint density at radius 2 is 1.68 bits per heavy atom. The van der Waals surface area contributed by atoms with E-state index in [1.807, 2.05) is 32.0 Å². The minimum absolute atomic E-state index is 0.160. The van der Waals surface area contributed by atoms with Crippen LogP contribution < -0.4 is 4.90 Å². The lowest BCUT2D eigenvalue weighted by Gasteiger charge is -2.28. The number of amides is 1. The van der Waals surface area contributed by atoms with Gasteiger partial charge in [-0.1, -0.05) is 6.07 Å². The van der Waals surface area contributed by atoms with Crippen LogP contribution in [0, 0.1) is 19.7 Å². The molecule has 1 aliphatic heterocycles. The quantitative estimate of drug-likeness (QED) is 0.844. The third kappa shape index (κ3) is 3.79. The molecule has 0 radical (unpaired) electrons. The van der Waals surface area contributed by atoms with Crippen LogP contribution in [0.25, 0.3) is 0 Å². The van der Waals surface area contributed by atoms with Gasteiger partial charge in [0, 0.05) is 16.7 Å². The third-order valence-electron chi connectivity index (χ3n) is 4.04. The van der Waals surface area contributed by atoms with Gasteiger partial charge in [-0.15, -0.1) is 0 Å². The van der Waals surface area contributed by atoms with Crippen molar-refractivity contribution in [2.45, 2.75) is 19.9 Å². The Balaban J connectivity index is 2.07. The summed E-state index contributed by atoms with van der Waals surface area (Å²) in [5, 5.41) is 1.14. The zero-order valence-corrected chi connectivity index (χ0v) is 14.8. The van der Waals surface area contributed by atoms with E-state index in [1.54, 1.807) is 0 Å². The number of benzene rings is 2. The van der Waals surface area contributed by atoms with Gasteiger partial charge in [-0.3, -0.25) is 4.79 Å². The molecule has 0 aromatic heterocycles. The second-order valence-electron chi connectivity index (χ2n) is 6.25. The van der Waals surface area contributed by atoms with E-state index in [9.17, 15) is 17.6 Å². The van der Waals surface area contributed by atoms with E-state index in [0.29, 0.717) is 11.3 Å². The average molecular weight is 359 g/mol. The van der Waals surface area contributed by atoms with Crippen LogP contribution in [0.1, 0.15) is 21.5 Å². The first kappa shape index (κ1) is 17.4. The van der Waals surface area contributed by atoms with Crippen LogP contribution in [-0.2, 0) is 9.84 Å². The summed E-state index contributed by atoms with van der Waals surface area (Å²) in [5.74, 6) is -0.956. The molecule has 4 nitrogen and oxygen atoms in total. The lowest BCUT2D eigenvalue weighted by Crippen LogP contribution is -2.41. The molecular weight excluding hydrogens is 341 g/mol. The number of aryl methyl sites for hydroxylation is 2. The smallest absolute Gasteiger partial charge is 0.258 e. The van der Waals surface area contributed by atoms with Crippen molar-refractivity contribution in [3.05, 3.63) is 76.5 Å². The Hall–Kier alpha value is -2.47. The first-order valence-corrected chi connectivity index (χ1v) is 9.55. The molecule has 25 heavy (non-hydrogen) atoms. The van der Waals surface area contributed by atoms with Crippen molar-refractivity contribution in [3.63, 3.8) is 0 Å². The fourth-order valence-corrected chi connectivity index (χ4v) is 4.27. The molecule has 2 aromatic carbocycles. The van der Waals surface area contributed by atoms with Crippen molar-refractivity contribution < 1.29 is 17.6 Å². The minimum atomic E-state index is -3.33. The lowest BCUT2D eigenvalue weighted by molar-refractivity contribution is 0.0983. The number of carbonyl (C=O) groups is 1. The van der Waals surface area contributed by atoms with E-state index in [1.165, 1.54) is 35.2 Å². The molecule has 1 heterocycles. The van der Waals surface area contributed by atoms with Crippen molar-refractivity contribution >= 4 is 21.4 Å². The minimum Gasteiger partial charge on any atom is -0.300 e. The van der Waals surface area contributed by atoms with Gasteiger partial charge in [-0.2, -0.15) is 0 Å². The Labute approximate surface area is 146 Å². The van der Waals surface area contributed by atoms with Gasteiger partial charge in [0.2, 0.25) is 0 Å². The molecule has 0 spiro atoms. The van der Waals surface area contributed by atoms with E-state index in [2.05, 4.69) is 0 Å². The maximum absolute atomic E-state index is 13.2. The Morgan fingerprint density at radius 1 is 1.08 bits per heavy atom. The summed E-state index contributed by atoms with van der Waals surface area (Å²) in [5.41, 5.74) is 2.87. The van der Waals surface area contributed by atoms with E-state index < -0.39 is 21.7 Å². The number of anilines is 1. The Morgan fingerprint density at radius 3 is 2.20 bits per heavy atom. The van der Waals surface area contributed by atoms with Crippen LogP contribution in [0.5, 0.6) is 0 Å². The van der Waals surface area contributed by atoms with Crippen LogP contribution in [-0.4, -0.2) is 26.1 Å². The highest BCUT2D eigenvalue weighted by Crippen LogP contribution is 2.27. The summed E-state index contributed by atoms with van der Waals surface area (Å²) >= 11 is 0. The highest BCUT2D eigenvalue weighted by molar-refractivity contribution is 7.94. The Kier molecular flexibility index (Phi) is 4.47. The van der Waals surface area contributed by atoms with E-state index in [0.717, 1.165) is 16.5 Å². The summed E-state index contributed by atoms with van der Waals surface area (Å²) in [6.45, 7) is 3.83. The summed E-state index contributed by atoms with van der Waals surface area (Å²) in [7, 11) is -3.33. The van der Waals surface area contributed by atoms with Crippen molar-refractivity contribution in [2.24, 2.45) is 0 Å². The van der Waals surface area contributed by atoms with Crippen molar-refractivity contribution in [1.29, 1.82) is 0 Å². The Bertz CT molecular complexity index is 929. The standard InChI is InChI=1S/C19H18FNO3S/c1-13-9-14(2)11-18(10-13)21(17-7-8-25(23,24)12-17)19(22)15-3-5-16(20)6-4-15/h3-11,17H,12H2,1-2H3/t17-/m1/s1. The molecule has 2 aromatic rings. The maximum Gasteiger partial charge on any atom is 0.258 e. The summed E-state index contributed by atoms with van der Waals surface area (Å²) in [6, 6.07) is 10.3. The molecule has 0 bridgehead atoms. The number of carbonyl (C=O) groups excluding carboxylic acids is 1. The molecular formula is C19H18FNO3S. The highest BCUT2D eigenvalue weighted by atomic mass is 32.2. The van der Waals surface area contributed by atoms with Crippen molar-refractivity contribution in [1.82, 2.24) is 0 Å². The van der Waals surface area contributed by atoms with E-state index in [-0.39, 0.29) is 11.7 Å². The number of hydrogen-bond acceptors (Lipinski definition) is 3. The van der Waals surface area contributed by atoms with E-state index >= 15 is 0 Å². The second-order valence-corrected chi connectivity index (χ2v) is 8.18. The van der Waals surface area contributed by atoms with Crippen LogP contribution in [0.3, 0.4) is 0 Å². The molecule has 0 N–H and O–H groups in total.